The lowest BCUT2D eigenvalue weighted by Gasteiger charge is -2.11. The number of aromatic nitrogens is 2. The summed E-state index contributed by atoms with van der Waals surface area (Å²) in [6.45, 7) is 0. The number of rotatable bonds is 4. The molecule has 1 heterocycles. The average Bonchev–Trinajstić information content (AvgIpc) is 2.73. The Morgan fingerprint density at radius 1 is 1.25 bits per heavy atom. The number of aryl methyl sites for hydroxylation is 1. The highest BCUT2D eigenvalue weighted by atomic mass is 32.2. The normalized spacial score (nSPS) is 13.4. The van der Waals surface area contributed by atoms with Gasteiger partial charge in [0.15, 0.2) is 0 Å². The third-order valence-corrected chi connectivity index (χ3v) is 3.41. The molecule has 7 heteroatoms. The molecule has 0 saturated carbocycles. The number of nitrogens with zero attached hydrogens (tertiary/aromatic N) is 2. The second-order valence-electron chi connectivity index (χ2n) is 4.32. The highest BCUT2D eigenvalue weighted by molar-refractivity contribution is 8.00. The summed E-state index contributed by atoms with van der Waals surface area (Å²) in [6.07, 6.45) is 1.31. The maximum atomic E-state index is 12.2. The lowest BCUT2D eigenvalue weighted by molar-refractivity contribution is -0.0328. The van der Waals surface area contributed by atoms with E-state index in [9.17, 15) is 18.3 Å². The molecule has 0 aliphatic heterocycles. The summed E-state index contributed by atoms with van der Waals surface area (Å²) in [5.74, 6) is 0. The van der Waals surface area contributed by atoms with Gasteiger partial charge < -0.3 is 5.11 Å². The Balaban J connectivity index is 2.02. The van der Waals surface area contributed by atoms with E-state index < -0.39 is 11.6 Å². The number of hydrogen-bond donors (Lipinski definition) is 1. The zero-order valence-corrected chi connectivity index (χ0v) is 11.4. The van der Waals surface area contributed by atoms with Crippen molar-refractivity contribution in [2.45, 2.75) is 22.9 Å². The van der Waals surface area contributed by atoms with E-state index in [2.05, 4.69) is 5.10 Å². The first-order valence-electron chi connectivity index (χ1n) is 5.86. The van der Waals surface area contributed by atoms with Gasteiger partial charge in [-0.25, -0.2) is 0 Å². The lowest BCUT2D eigenvalue weighted by atomic mass is 10.1. The van der Waals surface area contributed by atoms with Crippen LogP contribution in [0.15, 0.2) is 41.4 Å². The molecule has 0 bridgehead atoms. The van der Waals surface area contributed by atoms with Gasteiger partial charge >= 0.3 is 5.51 Å². The Kier molecular flexibility index (Phi) is 4.39. The van der Waals surface area contributed by atoms with E-state index in [1.165, 1.54) is 24.3 Å². The number of halogens is 3. The summed E-state index contributed by atoms with van der Waals surface area (Å²) in [5.41, 5.74) is -3.00. The maximum absolute atomic E-state index is 12.2. The van der Waals surface area contributed by atoms with Crippen molar-refractivity contribution in [3.05, 3.63) is 47.8 Å². The van der Waals surface area contributed by atoms with E-state index in [1.54, 1.807) is 24.0 Å². The molecule has 0 saturated heterocycles. The first kappa shape index (κ1) is 14.9. The number of alkyl halides is 3. The molecule has 108 valence electrons. The largest absolute Gasteiger partial charge is 0.446 e. The molecule has 0 aliphatic rings. The van der Waals surface area contributed by atoms with Crippen molar-refractivity contribution in [1.29, 1.82) is 0 Å². The van der Waals surface area contributed by atoms with Gasteiger partial charge in [0, 0.05) is 24.6 Å². The van der Waals surface area contributed by atoms with E-state index in [-0.39, 0.29) is 16.7 Å². The van der Waals surface area contributed by atoms with Crippen LogP contribution in [-0.2, 0) is 13.5 Å². The van der Waals surface area contributed by atoms with Gasteiger partial charge in [0.2, 0.25) is 0 Å². The second kappa shape index (κ2) is 5.88. The fourth-order valence-electron chi connectivity index (χ4n) is 1.78. The molecule has 1 aromatic heterocycles. The predicted molar refractivity (Wildman–Crippen MR) is 70.2 cm³/mol. The highest BCUT2D eigenvalue weighted by Gasteiger charge is 2.29. The molecule has 1 unspecified atom stereocenters. The first-order valence-corrected chi connectivity index (χ1v) is 6.67. The van der Waals surface area contributed by atoms with Crippen molar-refractivity contribution in [1.82, 2.24) is 9.78 Å². The minimum absolute atomic E-state index is 0.103. The van der Waals surface area contributed by atoms with Gasteiger partial charge in [-0.05, 0) is 35.5 Å². The Bertz CT molecular complexity index is 566. The van der Waals surface area contributed by atoms with Crippen molar-refractivity contribution in [2.24, 2.45) is 7.05 Å². The molecular weight excluding hydrogens is 289 g/mol. The second-order valence-corrected chi connectivity index (χ2v) is 5.46. The Morgan fingerprint density at radius 2 is 1.90 bits per heavy atom. The van der Waals surface area contributed by atoms with Crippen molar-refractivity contribution in [3.63, 3.8) is 0 Å². The summed E-state index contributed by atoms with van der Waals surface area (Å²) in [7, 11) is 1.78. The number of aliphatic hydroxyl groups is 1. The van der Waals surface area contributed by atoms with Gasteiger partial charge in [0.25, 0.3) is 0 Å². The van der Waals surface area contributed by atoms with Crippen LogP contribution in [0.5, 0.6) is 0 Å². The molecule has 0 spiro atoms. The molecule has 0 fully saturated rings. The molecule has 1 aromatic carbocycles. The fourth-order valence-corrected chi connectivity index (χ4v) is 2.32. The lowest BCUT2D eigenvalue weighted by Crippen LogP contribution is -2.03. The van der Waals surface area contributed by atoms with Crippen LogP contribution < -0.4 is 0 Å². The van der Waals surface area contributed by atoms with Crippen LogP contribution in [0.1, 0.15) is 17.4 Å². The first-order chi connectivity index (χ1) is 9.33. The Hall–Kier alpha value is -1.47. The van der Waals surface area contributed by atoms with E-state index in [0.717, 1.165) is 5.69 Å². The van der Waals surface area contributed by atoms with Crippen LogP contribution in [0.25, 0.3) is 0 Å². The molecule has 0 amide bonds. The fraction of sp³-hybridized carbons (Fsp3) is 0.308. The highest BCUT2D eigenvalue weighted by Crippen LogP contribution is 2.37. The third-order valence-electron chi connectivity index (χ3n) is 2.67. The van der Waals surface area contributed by atoms with Crippen molar-refractivity contribution >= 4 is 11.8 Å². The summed E-state index contributed by atoms with van der Waals surface area (Å²) >= 11 is -0.169. The maximum Gasteiger partial charge on any atom is 0.446 e. The molecule has 1 atom stereocenters. The quantitative estimate of drug-likeness (QED) is 0.881. The zero-order valence-electron chi connectivity index (χ0n) is 10.6. The number of aliphatic hydroxyl groups excluding tert-OH is 1. The summed E-state index contributed by atoms with van der Waals surface area (Å²) in [5, 5.41) is 14.2. The number of thioether (sulfide) groups is 1. The molecule has 2 aromatic rings. The zero-order chi connectivity index (χ0) is 14.8. The van der Waals surface area contributed by atoms with Gasteiger partial charge in [0.1, 0.15) is 0 Å². The molecule has 1 N–H and O–H groups in total. The van der Waals surface area contributed by atoms with Gasteiger partial charge in [-0.15, -0.1) is 0 Å². The Morgan fingerprint density at radius 3 is 2.40 bits per heavy atom. The number of benzene rings is 1. The van der Waals surface area contributed by atoms with E-state index in [4.69, 9.17) is 0 Å². The van der Waals surface area contributed by atoms with Crippen molar-refractivity contribution in [3.8, 4) is 0 Å². The van der Waals surface area contributed by atoms with Crippen LogP contribution in [0.3, 0.4) is 0 Å². The van der Waals surface area contributed by atoms with Crippen LogP contribution in [0.2, 0.25) is 0 Å². The van der Waals surface area contributed by atoms with Gasteiger partial charge in [-0.3, -0.25) is 4.68 Å². The monoisotopic (exact) mass is 302 g/mol. The molecule has 0 aliphatic carbocycles. The van der Waals surface area contributed by atoms with Crippen molar-refractivity contribution < 1.29 is 18.3 Å². The molecular formula is C13H13F3N2OS. The molecule has 3 nitrogen and oxygen atoms in total. The standard InChI is InChI=1S/C13H13F3N2OS/c1-18-7-6-10(17-18)8-12(19)9-2-4-11(5-3-9)20-13(14,15)16/h2-7,12,19H,8H2,1H3. The van der Waals surface area contributed by atoms with Crippen LogP contribution in [0.4, 0.5) is 13.2 Å². The summed E-state index contributed by atoms with van der Waals surface area (Å²) < 4.78 is 38.2. The van der Waals surface area contributed by atoms with E-state index in [0.29, 0.717) is 12.0 Å². The van der Waals surface area contributed by atoms with Crippen LogP contribution >= 0.6 is 11.8 Å². The molecule has 2 rings (SSSR count). The van der Waals surface area contributed by atoms with Crippen molar-refractivity contribution in [2.75, 3.05) is 0 Å². The predicted octanol–water partition coefficient (Wildman–Crippen LogP) is 3.31. The number of hydrogen-bond acceptors (Lipinski definition) is 3. The minimum atomic E-state index is -4.30. The third kappa shape index (κ3) is 4.28. The van der Waals surface area contributed by atoms with E-state index >= 15 is 0 Å². The van der Waals surface area contributed by atoms with Crippen LogP contribution in [-0.4, -0.2) is 20.4 Å². The van der Waals surface area contributed by atoms with Gasteiger partial charge in [0.05, 0.1) is 11.8 Å². The van der Waals surface area contributed by atoms with E-state index in [1.807, 2.05) is 0 Å². The Labute approximate surface area is 118 Å². The SMILES string of the molecule is Cn1ccc(CC(O)c2ccc(SC(F)(F)F)cc2)n1. The van der Waals surface area contributed by atoms with Gasteiger partial charge in [-0.2, -0.15) is 18.3 Å². The average molecular weight is 302 g/mol. The topological polar surface area (TPSA) is 38.0 Å². The molecule has 20 heavy (non-hydrogen) atoms. The summed E-state index contributed by atoms with van der Waals surface area (Å²) in [4.78, 5) is 0.103. The summed E-state index contributed by atoms with van der Waals surface area (Å²) in [6, 6.07) is 7.50. The van der Waals surface area contributed by atoms with Gasteiger partial charge in [-0.1, -0.05) is 12.1 Å². The smallest absolute Gasteiger partial charge is 0.388 e. The minimum Gasteiger partial charge on any atom is -0.388 e. The van der Waals surface area contributed by atoms with Crippen LogP contribution in [0, 0.1) is 0 Å². The molecule has 0 radical (unpaired) electrons.